The van der Waals surface area contributed by atoms with Gasteiger partial charge in [0.25, 0.3) is 0 Å². The van der Waals surface area contributed by atoms with Gasteiger partial charge in [-0.1, -0.05) is 30.8 Å². The van der Waals surface area contributed by atoms with Crippen LogP contribution in [0.25, 0.3) is 0 Å². The topological polar surface area (TPSA) is 59.8 Å². The van der Waals surface area contributed by atoms with E-state index in [0.717, 1.165) is 35.2 Å². The third-order valence-corrected chi connectivity index (χ3v) is 5.31. The molecule has 1 aliphatic rings. The van der Waals surface area contributed by atoms with Crippen LogP contribution in [0.2, 0.25) is 0 Å². The average Bonchev–Trinajstić information content (AvgIpc) is 3.33. The maximum Gasteiger partial charge on any atom is 0.234 e. The molecule has 0 saturated heterocycles. The van der Waals surface area contributed by atoms with Crippen LogP contribution in [0.15, 0.2) is 23.4 Å². The standard InChI is InChI=1S/C18H24N4OS/c1-4-10-22-17(14-8-9-14)20-21-18(22)24-11-16(23)19-15-7-5-6-12(2)13(15)3/h5-7,14H,4,8-11H2,1-3H3,(H,19,23). The molecule has 3 rings (SSSR count). The SMILES string of the molecule is CCCn1c(SCC(=O)Nc2cccc(C)c2C)nnc1C1CC1. The molecule has 1 N–H and O–H groups in total. The highest BCUT2D eigenvalue weighted by molar-refractivity contribution is 7.99. The number of nitrogens with one attached hydrogen (secondary N) is 1. The van der Waals surface area contributed by atoms with Gasteiger partial charge in [-0.2, -0.15) is 0 Å². The van der Waals surface area contributed by atoms with Gasteiger partial charge in [0.2, 0.25) is 5.91 Å². The summed E-state index contributed by atoms with van der Waals surface area (Å²) in [7, 11) is 0. The van der Waals surface area contributed by atoms with Crippen LogP contribution in [-0.4, -0.2) is 26.4 Å². The van der Waals surface area contributed by atoms with Crippen molar-refractivity contribution in [2.75, 3.05) is 11.1 Å². The second kappa shape index (κ2) is 7.38. The van der Waals surface area contributed by atoms with Crippen molar-refractivity contribution in [3.05, 3.63) is 35.2 Å². The summed E-state index contributed by atoms with van der Waals surface area (Å²) in [4.78, 5) is 12.3. The second-order valence-electron chi connectivity index (χ2n) is 6.35. The summed E-state index contributed by atoms with van der Waals surface area (Å²) < 4.78 is 2.19. The molecule has 0 radical (unpaired) electrons. The number of hydrogen-bond donors (Lipinski definition) is 1. The molecule has 1 saturated carbocycles. The number of thioether (sulfide) groups is 1. The number of anilines is 1. The van der Waals surface area contributed by atoms with Gasteiger partial charge in [-0.3, -0.25) is 4.79 Å². The fourth-order valence-electron chi connectivity index (χ4n) is 2.69. The van der Waals surface area contributed by atoms with Gasteiger partial charge in [-0.05, 0) is 50.3 Å². The molecule has 1 aromatic carbocycles. The first-order valence-electron chi connectivity index (χ1n) is 8.52. The normalized spacial score (nSPS) is 14.0. The molecule has 1 amide bonds. The highest BCUT2D eigenvalue weighted by Gasteiger charge is 2.30. The minimum absolute atomic E-state index is 0.00674. The van der Waals surface area contributed by atoms with Crippen LogP contribution in [0.4, 0.5) is 5.69 Å². The quantitative estimate of drug-likeness (QED) is 0.774. The van der Waals surface area contributed by atoms with Crippen molar-refractivity contribution >= 4 is 23.4 Å². The van der Waals surface area contributed by atoms with Gasteiger partial charge in [0.05, 0.1) is 5.75 Å². The lowest BCUT2D eigenvalue weighted by Crippen LogP contribution is -2.15. The summed E-state index contributed by atoms with van der Waals surface area (Å²) in [6.07, 6.45) is 3.46. The first-order valence-corrected chi connectivity index (χ1v) is 9.50. The lowest BCUT2D eigenvalue weighted by molar-refractivity contribution is -0.113. The van der Waals surface area contributed by atoms with E-state index >= 15 is 0 Å². The third kappa shape index (κ3) is 3.80. The summed E-state index contributed by atoms with van der Waals surface area (Å²) in [5.74, 6) is 2.00. The number of carbonyl (C=O) groups excluding carboxylic acids is 1. The van der Waals surface area contributed by atoms with E-state index in [2.05, 4.69) is 27.0 Å². The Morgan fingerprint density at radius 3 is 2.83 bits per heavy atom. The minimum atomic E-state index is -0.00674. The van der Waals surface area contributed by atoms with Crippen molar-refractivity contribution in [2.24, 2.45) is 0 Å². The number of amides is 1. The zero-order valence-corrected chi connectivity index (χ0v) is 15.3. The van der Waals surface area contributed by atoms with Crippen molar-refractivity contribution < 1.29 is 4.79 Å². The Balaban J connectivity index is 1.63. The lowest BCUT2D eigenvalue weighted by atomic mass is 10.1. The zero-order valence-electron chi connectivity index (χ0n) is 14.5. The number of nitrogens with zero attached hydrogens (tertiary/aromatic N) is 3. The predicted molar refractivity (Wildman–Crippen MR) is 97.6 cm³/mol. The van der Waals surface area contributed by atoms with Gasteiger partial charge in [0, 0.05) is 18.2 Å². The molecule has 0 spiro atoms. The molecular formula is C18H24N4OS. The van der Waals surface area contributed by atoms with Crippen LogP contribution in [-0.2, 0) is 11.3 Å². The molecule has 0 aliphatic heterocycles. The molecule has 6 heteroatoms. The number of carbonyl (C=O) groups is 1. The van der Waals surface area contributed by atoms with Gasteiger partial charge in [-0.15, -0.1) is 10.2 Å². The molecule has 2 aromatic rings. The molecule has 0 unspecified atom stereocenters. The summed E-state index contributed by atoms with van der Waals surface area (Å²) in [6, 6.07) is 5.95. The van der Waals surface area contributed by atoms with Crippen LogP contribution in [0.5, 0.6) is 0 Å². The van der Waals surface area contributed by atoms with Crippen molar-refractivity contribution in [3.63, 3.8) is 0 Å². The molecule has 1 aromatic heterocycles. The van der Waals surface area contributed by atoms with E-state index in [0.29, 0.717) is 11.7 Å². The molecule has 5 nitrogen and oxygen atoms in total. The maximum atomic E-state index is 12.3. The van der Waals surface area contributed by atoms with Gasteiger partial charge in [0.15, 0.2) is 5.16 Å². The highest BCUT2D eigenvalue weighted by Crippen LogP contribution is 2.40. The maximum absolute atomic E-state index is 12.3. The highest BCUT2D eigenvalue weighted by atomic mass is 32.2. The van der Waals surface area contributed by atoms with Crippen molar-refractivity contribution in [3.8, 4) is 0 Å². The Labute approximate surface area is 147 Å². The largest absolute Gasteiger partial charge is 0.325 e. The first-order chi connectivity index (χ1) is 11.6. The Kier molecular flexibility index (Phi) is 5.23. The Hall–Kier alpha value is -1.82. The number of rotatable bonds is 7. The van der Waals surface area contributed by atoms with Crippen LogP contribution >= 0.6 is 11.8 Å². The van der Waals surface area contributed by atoms with Crippen LogP contribution < -0.4 is 5.32 Å². The molecule has 1 fully saturated rings. The van der Waals surface area contributed by atoms with Crippen molar-refractivity contribution in [1.82, 2.24) is 14.8 Å². The Morgan fingerprint density at radius 1 is 1.33 bits per heavy atom. The average molecular weight is 344 g/mol. The number of aryl methyl sites for hydroxylation is 1. The predicted octanol–water partition coefficient (Wildman–Crippen LogP) is 3.91. The van der Waals surface area contributed by atoms with E-state index in [1.54, 1.807) is 0 Å². The van der Waals surface area contributed by atoms with Crippen LogP contribution in [0.3, 0.4) is 0 Å². The monoisotopic (exact) mass is 344 g/mol. The van der Waals surface area contributed by atoms with Crippen molar-refractivity contribution in [2.45, 2.75) is 57.7 Å². The van der Waals surface area contributed by atoms with Gasteiger partial charge in [-0.25, -0.2) is 0 Å². The third-order valence-electron chi connectivity index (χ3n) is 4.35. The molecule has 128 valence electrons. The summed E-state index contributed by atoms with van der Waals surface area (Å²) in [5.41, 5.74) is 3.17. The Morgan fingerprint density at radius 2 is 2.12 bits per heavy atom. The summed E-state index contributed by atoms with van der Waals surface area (Å²) in [6.45, 7) is 7.14. The minimum Gasteiger partial charge on any atom is -0.325 e. The molecule has 0 bridgehead atoms. The fourth-order valence-corrected chi connectivity index (χ4v) is 3.46. The van der Waals surface area contributed by atoms with E-state index in [9.17, 15) is 4.79 Å². The van der Waals surface area contributed by atoms with Gasteiger partial charge in [0.1, 0.15) is 5.82 Å². The first kappa shape index (κ1) is 17.0. The number of hydrogen-bond acceptors (Lipinski definition) is 4. The van der Waals surface area contributed by atoms with E-state index in [4.69, 9.17) is 0 Å². The molecular weight excluding hydrogens is 320 g/mol. The molecule has 0 atom stereocenters. The number of benzene rings is 1. The summed E-state index contributed by atoms with van der Waals surface area (Å²) >= 11 is 1.47. The number of aromatic nitrogens is 3. The van der Waals surface area contributed by atoms with Crippen molar-refractivity contribution in [1.29, 1.82) is 0 Å². The van der Waals surface area contributed by atoms with E-state index in [1.165, 1.54) is 30.2 Å². The smallest absolute Gasteiger partial charge is 0.234 e. The second-order valence-corrected chi connectivity index (χ2v) is 7.29. The van der Waals surface area contributed by atoms with Gasteiger partial charge >= 0.3 is 0 Å². The van der Waals surface area contributed by atoms with Gasteiger partial charge < -0.3 is 9.88 Å². The summed E-state index contributed by atoms with van der Waals surface area (Å²) in [5, 5.41) is 12.5. The molecule has 1 heterocycles. The van der Waals surface area contributed by atoms with E-state index in [-0.39, 0.29) is 5.91 Å². The molecule has 24 heavy (non-hydrogen) atoms. The fraction of sp³-hybridized carbons (Fsp3) is 0.500. The zero-order chi connectivity index (χ0) is 17.1. The van der Waals surface area contributed by atoms with E-state index < -0.39 is 0 Å². The molecule has 1 aliphatic carbocycles. The van der Waals surface area contributed by atoms with E-state index in [1.807, 2.05) is 32.0 Å². The van der Waals surface area contributed by atoms with Crippen LogP contribution in [0.1, 0.15) is 49.1 Å². The lowest BCUT2D eigenvalue weighted by Gasteiger charge is -2.11. The van der Waals surface area contributed by atoms with Crippen LogP contribution in [0, 0.1) is 13.8 Å². The Bertz CT molecular complexity index is 737.